The summed E-state index contributed by atoms with van der Waals surface area (Å²) in [5.41, 5.74) is 5.50. The van der Waals surface area contributed by atoms with E-state index in [-0.39, 0.29) is 36.5 Å². The number of nitrogens with zero attached hydrogens (tertiary/aromatic N) is 1. The third kappa shape index (κ3) is 4.33. The molecule has 0 saturated heterocycles. The summed E-state index contributed by atoms with van der Waals surface area (Å²) >= 11 is 3.29. The van der Waals surface area contributed by atoms with E-state index in [1.54, 1.807) is 12.3 Å². The molecular formula is C13H19BrClN3O2. The fourth-order valence-electron chi connectivity index (χ4n) is 2.54. The second kappa shape index (κ2) is 7.81. The number of halogens is 2. The highest BCUT2D eigenvalue weighted by molar-refractivity contribution is 9.10. The van der Waals surface area contributed by atoms with Crippen molar-refractivity contribution in [3.8, 4) is 0 Å². The molecule has 1 aromatic rings. The Morgan fingerprint density at radius 1 is 1.45 bits per heavy atom. The van der Waals surface area contributed by atoms with Crippen LogP contribution < -0.4 is 16.6 Å². The fraction of sp³-hybridized carbons (Fsp3) is 0.538. The van der Waals surface area contributed by atoms with Crippen LogP contribution in [-0.2, 0) is 11.3 Å². The van der Waals surface area contributed by atoms with Gasteiger partial charge in [0.05, 0.1) is 0 Å². The lowest BCUT2D eigenvalue weighted by Gasteiger charge is -2.19. The normalized spacial score (nSPS) is 21.3. The van der Waals surface area contributed by atoms with E-state index in [1.165, 1.54) is 10.6 Å². The molecule has 0 aliphatic heterocycles. The highest BCUT2D eigenvalue weighted by Crippen LogP contribution is 2.24. The Labute approximate surface area is 132 Å². The standard InChI is InChI=1S/C13H18BrN3O2.ClH/c14-10-4-5-13(19)17(7-10)8-12(18)16-11-3-1-2-9(11)6-15;/h4-5,7,9,11H,1-3,6,8,15H2,(H,16,18);1H. The predicted molar refractivity (Wildman–Crippen MR) is 84.0 cm³/mol. The van der Waals surface area contributed by atoms with Crippen LogP contribution in [0.4, 0.5) is 0 Å². The zero-order valence-corrected chi connectivity index (χ0v) is 13.5. The van der Waals surface area contributed by atoms with E-state index >= 15 is 0 Å². The average Bonchev–Trinajstić information content (AvgIpc) is 2.81. The minimum Gasteiger partial charge on any atom is -0.351 e. The molecule has 1 saturated carbocycles. The molecule has 0 spiro atoms. The molecular weight excluding hydrogens is 346 g/mol. The van der Waals surface area contributed by atoms with Crippen LogP contribution >= 0.6 is 28.3 Å². The van der Waals surface area contributed by atoms with E-state index in [2.05, 4.69) is 21.2 Å². The van der Waals surface area contributed by atoms with Crippen molar-refractivity contribution in [2.24, 2.45) is 11.7 Å². The Kier molecular flexibility index (Phi) is 6.71. The van der Waals surface area contributed by atoms with Gasteiger partial charge < -0.3 is 15.6 Å². The molecule has 1 aliphatic rings. The Balaban J connectivity index is 0.00000200. The van der Waals surface area contributed by atoms with Crippen molar-refractivity contribution in [2.75, 3.05) is 6.54 Å². The van der Waals surface area contributed by atoms with Crippen LogP contribution in [0.3, 0.4) is 0 Å². The average molecular weight is 365 g/mol. The molecule has 0 bridgehead atoms. The number of nitrogens with two attached hydrogens (primary N) is 1. The summed E-state index contributed by atoms with van der Waals surface area (Å²) in [5, 5.41) is 2.98. The van der Waals surface area contributed by atoms with E-state index in [1.807, 2.05) is 0 Å². The molecule has 1 amide bonds. The Morgan fingerprint density at radius 3 is 2.90 bits per heavy atom. The van der Waals surface area contributed by atoms with Gasteiger partial charge in [-0.05, 0) is 47.3 Å². The molecule has 0 aromatic carbocycles. The van der Waals surface area contributed by atoms with E-state index < -0.39 is 0 Å². The van der Waals surface area contributed by atoms with E-state index in [0.717, 1.165) is 23.7 Å². The van der Waals surface area contributed by atoms with Crippen molar-refractivity contribution in [3.05, 3.63) is 33.2 Å². The van der Waals surface area contributed by atoms with Gasteiger partial charge in [0.2, 0.25) is 5.91 Å². The Hall–Kier alpha value is -0.850. The number of hydrogen-bond donors (Lipinski definition) is 2. The molecule has 7 heteroatoms. The molecule has 1 fully saturated rings. The van der Waals surface area contributed by atoms with Crippen molar-refractivity contribution in [1.29, 1.82) is 0 Å². The smallest absolute Gasteiger partial charge is 0.251 e. The molecule has 1 heterocycles. The highest BCUT2D eigenvalue weighted by atomic mass is 79.9. The van der Waals surface area contributed by atoms with Gasteiger partial charge in [0.25, 0.3) is 5.56 Å². The molecule has 1 aromatic heterocycles. The fourth-order valence-corrected chi connectivity index (χ4v) is 2.92. The van der Waals surface area contributed by atoms with E-state index in [0.29, 0.717) is 12.5 Å². The minimum atomic E-state index is -0.180. The third-order valence-electron chi connectivity index (χ3n) is 3.57. The van der Waals surface area contributed by atoms with Gasteiger partial charge in [-0.1, -0.05) is 6.42 Å². The molecule has 2 unspecified atom stereocenters. The largest absolute Gasteiger partial charge is 0.351 e. The number of rotatable bonds is 4. The maximum absolute atomic E-state index is 12.0. The van der Waals surface area contributed by atoms with Crippen LogP contribution in [0.25, 0.3) is 0 Å². The molecule has 112 valence electrons. The van der Waals surface area contributed by atoms with Crippen LogP contribution in [0.1, 0.15) is 19.3 Å². The summed E-state index contributed by atoms with van der Waals surface area (Å²) in [6.45, 7) is 0.647. The molecule has 2 atom stereocenters. The number of carbonyl (C=O) groups is 1. The van der Waals surface area contributed by atoms with Gasteiger partial charge in [0.1, 0.15) is 6.54 Å². The molecule has 1 aliphatic carbocycles. The summed E-state index contributed by atoms with van der Waals surface area (Å²) < 4.78 is 2.17. The molecule has 0 radical (unpaired) electrons. The summed E-state index contributed by atoms with van der Waals surface area (Å²) in [6, 6.07) is 3.26. The van der Waals surface area contributed by atoms with Crippen LogP contribution in [0, 0.1) is 5.92 Å². The van der Waals surface area contributed by atoms with Gasteiger partial charge in [-0.25, -0.2) is 0 Å². The van der Waals surface area contributed by atoms with Crippen molar-refractivity contribution in [2.45, 2.75) is 31.8 Å². The zero-order chi connectivity index (χ0) is 13.8. The van der Waals surface area contributed by atoms with E-state index in [4.69, 9.17) is 5.73 Å². The molecule has 20 heavy (non-hydrogen) atoms. The minimum absolute atomic E-state index is 0. The zero-order valence-electron chi connectivity index (χ0n) is 11.0. The number of nitrogens with one attached hydrogen (secondary N) is 1. The first-order valence-electron chi connectivity index (χ1n) is 6.45. The quantitative estimate of drug-likeness (QED) is 0.845. The summed E-state index contributed by atoms with van der Waals surface area (Å²) in [4.78, 5) is 23.6. The van der Waals surface area contributed by atoms with Crippen LogP contribution in [0.5, 0.6) is 0 Å². The SMILES string of the molecule is Cl.NCC1CCCC1NC(=O)Cn1cc(Br)ccc1=O. The first-order chi connectivity index (χ1) is 9.10. The topological polar surface area (TPSA) is 77.1 Å². The first kappa shape index (κ1) is 17.2. The number of hydrogen-bond acceptors (Lipinski definition) is 3. The van der Waals surface area contributed by atoms with Gasteiger partial charge in [-0.2, -0.15) is 0 Å². The van der Waals surface area contributed by atoms with Crippen molar-refractivity contribution >= 4 is 34.2 Å². The number of amides is 1. The van der Waals surface area contributed by atoms with Gasteiger partial charge in [0, 0.05) is 22.8 Å². The second-order valence-electron chi connectivity index (χ2n) is 4.91. The lowest BCUT2D eigenvalue weighted by atomic mass is 10.0. The summed E-state index contributed by atoms with van der Waals surface area (Å²) in [5.74, 6) is 0.230. The van der Waals surface area contributed by atoms with Gasteiger partial charge >= 0.3 is 0 Å². The summed E-state index contributed by atoms with van der Waals surface area (Å²) in [6.07, 6.45) is 4.76. The lowest BCUT2D eigenvalue weighted by molar-refractivity contribution is -0.122. The number of carbonyl (C=O) groups excluding carboxylic acids is 1. The van der Waals surface area contributed by atoms with E-state index in [9.17, 15) is 9.59 Å². The van der Waals surface area contributed by atoms with Gasteiger partial charge in [-0.3, -0.25) is 9.59 Å². The number of pyridine rings is 1. The van der Waals surface area contributed by atoms with Crippen LogP contribution in [-0.4, -0.2) is 23.1 Å². The molecule has 5 nitrogen and oxygen atoms in total. The Morgan fingerprint density at radius 2 is 2.20 bits per heavy atom. The maximum atomic E-state index is 12.0. The van der Waals surface area contributed by atoms with Crippen LogP contribution in [0.2, 0.25) is 0 Å². The van der Waals surface area contributed by atoms with Crippen LogP contribution in [0.15, 0.2) is 27.6 Å². The third-order valence-corrected chi connectivity index (χ3v) is 4.04. The lowest BCUT2D eigenvalue weighted by Crippen LogP contribution is -2.42. The Bertz CT molecular complexity index is 521. The summed E-state index contributed by atoms with van der Waals surface area (Å²) in [7, 11) is 0. The van der Waals surface area contributed by atoms with Gasteiger partial charge in [0.15, 0.2) is 0 Å². The highest BCUT2D eigenvalue weighted by Gasteiger charge is 2.27. The maximum Gasteiger partial charge on any atom is 0.251 e. The van der Waals surface area contributed by atoms with Crippen molar-refractivity contribution < 1.29 is 4.79 Å². The first-order valence-corrected chi connectivity index (χ1v) is 7.25. The van der Waals surface area contributed by atoms with Crippen molar-refractivity contribution in [1.82, 2.24) is 9.88 Å². The molecule has 2 rings (SSSR count). The number of aromatic nitrogens is 1. The monoisotopic (exact) mass is 363 g/mol. The van der Waals surface area contributed by atoms with Gasteiger partial charge in [-0.15, -0.1) is 12.4 Å². The van der Waals surface area contributed by atoms with Crippen molar-refractivity contribution in [3.63, 3.8) is 0 Å². The second-order valence-corrected chi connectivity index (χ2v) is 5.83. The molecule has 3 N–H and O–H groups in total. The predicted octanol–water partition coefficient (Wildman–Crippen LogP) is 1.28.